The number of thioether (sulfide) groups is 1. The molecule has 0 spiro atoms. The van der Waals surface area contributed by atoms with Gasteiger partial charge in [0.25, 0.3) is 5.91 Å². The Morgan fingerprint density at radius 3 is 2.63 bits per heavy atom. The standard InChI is InChI=1S/C12H13F2NO3S/c1-7(12(15)17)18-11(16)4-5-19-8-2-3-9(13)10(14)6-8/h2-3,6-7H,4-5H2,1H3,(H2,15,17)/t7-/m0/s1. The number of halogens is 2. The van der Waals surface area contributed by atoms with Crippen LogP contribution < -0.4 is 5.73 Å². The van der Waals surface area contributed by atoms with E-state index < -0.39 is 29.6 Å². The van der Waals surface area contributed by atoms with E-state index in [1.807, 2.05) is 0 Å². The van der Waals surface area contributed by atoms with E-state index in [2.05, 4.69) is 0 Å². The number of carbonyl (C=O) groups excluding carboxylic acids is 2. The van der Waals surface area contributed by atoms with Crippen molar-refractivity contribution >= 4 is 23.6 Å². The topological polar surface area (TPSA) is 69.4 Å². The lowest BCUT2D eigenvalue weighted by atomic mass is 10.3. The van der Waals surface area contributed by atoms with Crippen molar-refractivity contribution in [2.45, 2.75) is 24.3 Å². The maximum atomic E-state index is 12.9. The van der Waals surface area contributed by atoms with Gasteiger partial charge in [0.15, 0.2) is 17.7 Å². The molecule has 4 nitrogen and oxygen atoms in total. The molecular weight excluding hydrogens is 276 g/mol. The molecule has 1 amide bonds. The number of hydrogen-bond acceptors (Lipinski definition) is 4. The van der Waals surface area contributed by atoms with Gasteiger partial charge in [-0.05, 0) is 25.1 Å². The minimum atomic E-state index is -0.972. The molecule has 1 aromatic carbocycles. The first kappa shape index (κ1) is 15.4. The van der Waals surface area contributed by atoms with Gasteiger partial charge in [-0.25, -0.2) is 8.78 Å². The van der Waals surface area contributed by atoms with E-state index in [0.29, 0.717) is 10.6 Å². The van der Waals surface area contributed by atoms with Crippen LogP contribution in [-0.4, -0.2) is 23.7 Å². The van der Waals surface area contributed by atoms with E-state index in [1.54, 1.807) is 0 Å². The minimum Gasteiger partial charge on any atom is -0.453 e. The fourth-order valence-electron chi connectivity index (χ4n) is 1.13. The van der Waals surface area contributed by atoms with Gasteiger partial charge >= 0.3 is 5.97 Å². The highest BCUT2D eigenvalue weighted by atomic mass is 32.2. The summed E-state index contributed by atoms with van der Waals surface area (Å²) in [6.45, 7) is 1.38. The molecule has 104 valence electrons. The number of hydrogen-bond donors (Lipinski definition) is 1. The second-order valence-electron chi connectivity index (χ2n) is 3.71. The first-order valence-corrected chi connectivity index (χ1v) is 6.45. The lowest BCUT2D eigenvalue weighted by molar-refractivity contribution is -0.153. The maximum absolute atomic E-state index is 12.9. The average Bonchev–Trinajstić information content (AvgIpc) is 2.33. The number of carbonyl (C=O) groups is 2. The van der Waals surface area contributed by atoms with Crippen molar-refractivity contribution in [2.75, 3.05) is 5.75 Å². The van der Waals surface area contributed by atoms with Gasteiger partial charge in [0.05, 0.1) is 6.42 Å². The lowest BCUT2D eigenvalue weighted by Crippen LogP contribution is -2.30. The van der Waals surface area contributed by atoms with Crippen LogP contribution in [0.4, 0.5) is 8.78 Å². The monoisotopic (exact) mass is 289 g/mol. The number of esters is 1. The Hall–Kier alpha value is -1.63. The van der Waals surface area contributed by atoms with Crippen molar-refractivity contribution in [3.8, 4) is 0 Å². The predicted octanol–water partition coefficient (Wildman–Crippen LogP) is 1.86. The van der Waals surface area contributed by atoms with Crippen LogP contribution in [-0.2, 0) is 14.3 Å². The summed E-state index contributed by atoms with van der Waals surface area (Å²) < 4.78 is 30.3. The van der Waals surface area contributed by atoms with Crippen LogP contribution in [0.25, 0.3) is 0 Å². The van der Waals surface area contributed by atoms with Crippen LogP contribution in [0, 0.1) is 11.6 Å². The third-order valence-corrected chi connectivity index (χ3v) is 3.17. The molecule has 0 heterocycles. The van der Waals surface area contributed by atoms with Crippen LogP contribution in [0.15, 0.2) is 23.1 Å². The van der Waals surface area contributed by atoms with Crippen molar-refractivity contribution < 1.29 is 23.1 Å². The summed E-state index contributed by atoms with van der Waals surface area (Å²) in [4.78, 5) is 22.5. The smallest absolute Gasteiger partial charge is 0.307 e. The molecular formula is C12H13F2NO3S. The van der Waals surface area contributed by atoms with Gasteiger partial charge < -0.3 is 10.5 Å². The van der Waals surface area contributed by atoms with Gasteiger partial charge in [-0.1, -0.05) is 0 Å². The summed E-state index contributed by atoms with van der Waals surface area (Å²) in [5.41, 5.74) is 4.94. The van der Waals surface area contributed by atoms with E-state index in [4.69, 9.17) is 10.5 Å². The first-order chi connectivity index (χ1) is 8.90. The molecule has 0 aromatic heterocycles. The zero-order chi connectivity index (χ0) is 14.4. The van der Waals surface area contributed by atoms with Crippen LogP contribution in [0.5, 0.6) is 0 Å². The molecule has 0 fully saturated rings. The molecule has 19 heavy (non-hydrogen) atoms. The highest BCUT2D eigenvalue weighted by Gasteiger charge is 2.14. The SMILES string of the molecule is C[C@H](OC(=O)CCSc1ccc(F)c(F)c1)C(N)=O. The Morgan fingerprint density at radius 2 is 2.05 bits per heavy atom. The molecule has 2 N–H and O–H groups in total. The zero-order valence-corrected chi connectivity index (χ0v) is 11.0. The summed E-state index contributed by atoms with van der Waals surface area (Å²) in [5.74, 6) is -2.81. The third kappa shape index (κ3) is 5.25. The number of amides is 1. The lowest BCUT2D eigenvalue weighted by Gasteiger charge is -2.09. The average molecular weight is 289 g/mol. The Balaban J connectivity index is 2.35. The largest absolute Gasteiger partial charge is 0.453 e. The second-order valence-corrected chi connectivity index (χ2v) is 4.88. The highest BCUT2D eigenvalue weighted by molar-refractivity contribution is 7.99. The van der Waals surface area contributed by atoms with E-state index in [1.165, 1.54) is 24.8 Å². The molecule has 0 aliphatic heterocycles. The summed E-state index contributed by atoms with van der Waals surface area (Å²) in [7, 11) is 0. The number of rotatable bonds is 6. The number of nitrogens with two attached hydrogens (primary N) is 1. The van der Waals surface area contributed by atoms with Gasteiger partial charge in [0.1, 0.15) is 0 Å². The van der Waals surface area contributed by atoms with Gasteiger partial charge in [-0.3, -0.25) is 9.59 Å². The molecule has 7 heteroatoms. The minimum absolute atomic E-state index is 0.0429. The molecule has 0 saturated carbocycles. The fourth-order valence-corrected chi connectivity index (χ4v) is 1.99. The van der Waals surface area contributed by atoms with Crippen LogP contribution in [0.2, 0.25) is 0 Å². The van der Waals surface area contributed by atoms with E-state index >= 15 is 0 Å². The van der Waals surface area contributed by atoms with Crippen LogP contribution >= 0.6 is 11.8 Å². The van der Waals surface area contributed by atoms with Crippen molar-refractivity contribution in [3.63, 3.8) is 0 Å². The molecule has 0 saturated heterocycles. The van der Waals surface area contributed by atoms with Crippen molar-refractivity contribution in [1.29, 1.82) is 0 Å². The Kier molecular flexibility index (Phi) is 5.75. The molecule has 1 rings (SSSR count). The summed E-state index contributed by atoms with van der Waals surface area (Å²) >= 11 is 1.18. The van der Waals surface area contributed by atoms with Crippen molar-refractivity contribution in [3.05, 3.63) is 29.8 Å². The zero-order valence-electron chi connectivity index (χ0n) is 10.2. The molecule has 1 atom stereocenters. The number of benzene rings is 1. The van der Waals surface area contributed by atoms with Gasteiger partial charge in [0, 0.05) is 10.6 Å². The summed E-state index contributed by atoms with van der Waals surface area (Å²) in [6.07, 6.45) is -0.929. The molecule has 0 aliphatic rings. The normalized spacial score (nSPS) is 11.9. The highest BCUT2D eigenvalue weighted by Crippen LogP contribution is 2.21. The van der Waals surface area contributed by atoms with Gasteiger partial charge in [-0.2, -0.15) is 0 Å². The van der Waals surface area contributed by atoms with Crippen LogP contribution in [0.1, 0.15) is 13.3 Å². The molecule has 0 bridgehead atoms. The molecule has 0 radical (unpaired) electrons. The summed E-state index contributed by atoms with van der Waals surface area (Å²) in [6, 6.07) is 3.49. The van der Waals surface area contributed by atoms with Gasteiger partial charge in [0.2, 0.25) is 0 Å². The molecule has 0 unspecified atom stereocenters. The molecule has 1 aromatic rings. The van der Waals surface area contributed by atoms with E-state index in [-0.39, 0.29) is 6.42 Å². The van der Waals surface area contributed by atoms with E-state index in [0.717, 1.165) is 12.1 Å². The van der Waals surface area contributed by atoms with Crippen molar-refractivity contribution in [2.24, 2.45) is 5.73 Å². The summed E-state index contributed by atoms with van der Waals surface area (Å²) in [5, 5.41) is 0. The van der Waals surface area contributed by atoms with Crippen LogP contribution in [0.3, 0.4) is 0 Å². The predicted molar refractivity (Wildman–Crippen MR) is 66.4 cm³/mol. The molecule has 0 aliphatic carbocycles. The Labute approximate surface area is 113 Å². The third-order valence-electron chi connectivity index (χ3n) is 2.17. The van der Waals surface area contributed by atoms with E-state index in [9.17, 15) is 18.4 Å². The Bertz CT molecular complexity index is 482. The number of primary amides is 1. The quantitative estimate of drug-likeness (QED) is 0.641. The second kappa shape index (κ2) is 7.08. The Morgan fingerprint density at radius 1 is 1.37 bits per heavy atom. The van der Waals surface area contributed by atoms with Crippen molar-refractivity contribution in [1.82, 2.24) is 0 Å². The fraction of sp³-hybridized carbons (Fsp3) is 0.333. The maximum Gasteiger partial charge on any atom is 0.307 e. The van der Waals surface area contributed by atoms with Gasteiger partial charge in [-0.15, -0.1) is 11.8 Å². The number of ether oxygens (including phenoxy) is 1. The first-order valence-electron chi connectivity index (χ1n) is 5.47.